The van der Waals surface area contributed by atoms with Crippen LogP contribution in [-0.2, 0) is 31.1 Å². The zero-order valence-corrected chi connectivity index (χ0v) is 21.5. The van der Waals surface area contributed by atoms with Crippen molar-refractivity contribution in [3.8, 4) is 5.19 Å². The van der Waals surface area contributed by atoms with Gasteiger partial charge in [0.15, 0.2) is 6.61 Å². The second kappa shape index (κ2) is 11.0. The van der Waals surface area contributed by atoms with Crippen molar-refractivity contribution in [2.45, 2.75) is 75.9 Å². The summed E-state index contributed by atoms with van der Waals surface area (Å²) in [6.45, 7) is 2.26. The first-order valence-electron chi connectivity index (χ1n) is 12.4. The van der Waals surface area contributed by atoms with Gasteiger partial charge in [-0.05, 0) is 38.5 Å². The lowest BCUT2D eigenvalue weighted by Crippen LogP contribution is -2.43. The molecule has 0 saturated heterocycles. The fourth-order valence-electron chi connectivity index (χ4n) is 4.79. The van der Waals surface area contributed by atoms with Crippen molar-refractivity contribution in [1.29, 1.82) is 0 Å². The number of carbonyl (C=O) groups is 1. The molecule has 1 saturated carbocycles. The average Bonchev–Trinajstić information content (AvgIpc) is 3.29. The van der Waals surface area contributed by atoms with Crippen LogP contribution in [0.2, 0.25) is 0 Å². The van der Waals surface area contributed by atoms with Gasteiger partial charge in [-0.1, -0.05) is 11.3 Å². The van der Waals surface area contributed by atoms with Crippen molar-refractivity contribution in [3.63, 3.8) is 0 Å². The van der Waals surface area contributed by atoms with E-state index in [1.807, 2.05) is 0 Å². The summed E-state index contributed by atoms with van der Waals surface area (Å²) in [6, 6.07) is -0.106. The number of nitrogens with one attached hydrogen (secondary N) is 1. The summed E-state index contributed by atoms with van der Waals surface area (Å²) < 4.78 is 61.6. The molecule has 2 aromatic rings. The molecule has 12 heteroatoms. The number of hydrogen-bond donors (Lipinski definition) is 1. The van der Waals surface area contributed by atoms with Crippen molar-refractivity contribution in [2.75, 3.05) is 26.2 Å². The number of amides is 1. The number of aryl methyl sites for hydroxylation is 1. The Kier molecular flexibility index (Phi) is 8.23. The third-order valence-corrected chi connectivity index (χ3v) is 8.01. The van der Waals surface area contributed by atoms with Crippen LogP contribution in [0.1, 0.15) is 55.2 Å². The largest absolute Gasteiger partial charge is 0.464 e. The highest BCUT2D eigenvalue weighted by Crippen LogP contribution is 2.36. The van der Waals surface area contributed by atoms with E-state index in [1.54, 1.807) is 0 Å². The van der Waals surface area contributed by atoms with Gasteiger partial charge in [0.05, 0.1) is 18.3 Å². The summed E-state index contributed by atoms with van der Waals surface area (Å²) in [7, 11) is 1.48. The Morgan fingerprint density at radius 2 is 2.03 bits per heavy atom. The molecule has 1 fully saturated rings. The molecule has 7 nitrogen and oxygen atoms in total. The van der Waals surface area contributed by atoms with Gasteiger partial charge < -0.3 is 15.0 Å². The van der Waals surface area contributed by atoms with Crippen molar-refractivity contribution in [2.24, 2.45) is 7.05 Å². The van der Waals surface area contributed by atoms with E-state index in [-0.39, 0.29) is 29.1 Å². The molecule has 200 valence electrons. The molecule has 0 unspecified atom stereocenters. The summed E-state index contributed by atoms with van der Waals surface area (Å²) in [5, 5.41) is 6.99. The highest BCUT2D eigenvalue weighted by molar-refractivity contribution is 7.13. The maximum absolute atomic E-state index is 15.5. The molecule has 0 spiro atoms. The molecular weight excluding hydrogens is 498 g/mol. The van der Waals surface area contributed by atoms with Gasteiger partial charge in [0.2, 0.25) is 11.9 Å². The van der Waals surface area contributed by atoms with Gasteiger partial charge in [0, 0.05) is 56.5 Å². The average molecular weight is 532 g/mol. The van der Waals surface area contributed by atoms with E-state index in [2.05, 4.69) is 20.3 Å². The van der Waals surface area contributed by atoms with Gasteiger partial charge in [0.25, 0.3) is 11.1 Å². The van der Waals surface area contributed by atoms with Crippen LogP contribution in [0.4, 0.5) is 17.6 Å². The van der Waals surface area contributed by atoms with E-state index in [9.17, 15) is 18.0 Å². The topological polar surface area (TPSA) is 72.3 Å². The molecule has 2 aromatic heterocycles. The van der Waals surface area contributed by atoms with Crippen molar-refractivity contribution in [3.05, 3.63) is 28.3 Å². The van der Waals surface area contributed by atoms with E-state index in [4.69, 9.17) is 4.74 Å². The molecule has 1 aliphatic carbocycles. The lowest BCUT2D eigenvalue weighted by Gasteiger charge is -2.35. The monoisotopic (exact) mass is 531 g/mol. The minimum atomic E-state index is -2.90. The number of aromatic nitrogens is 3. The smallest absolute Gasteiger partial charge is 0.278 e. The van der Waals surface area contributed by atoms with Crippen LogP contribution >= 0.6 is 11.3 Å². The van der Waals surface area contributed by atoms with Crippen LogP contribution < -0.4 is 10.1 Å². The molecule has 2 aliphatic rings. The summed E-state index contributed by atoms with van der Waals surface area (Å²) >= 11 is 1.32. The minimum absolute atomic E-state index is 0.0784. The Morgan fingerprint density at radius 1 is 1.31 bits per heavy atom. The molecule has 0 bridgehead atoms. The molecule has 0 atom stereocenters. The summed E-state index contributed by atoms with van der Waals surface area (Å²) in [6.07, 6.45) is 4.99. The van der Waals surface area contributed by atoms with Crippen LogP contribution in [0.25, 0.3) is 0 Å². The third-order valence-electron chi connectivity index (χ3n) is 6.94. The molecule has 0 aromatic carbocycles. The predicted molar refractivity (Wildman–Crippen MR) is 128 cm³/mol. The van der Waals surface area contributed by atoms with Gasteiger partial charge in [-0.25, -0.2) is 22.8 Å². The standard InChI is InChI=1S/C24H33F4N5O2S/c1-23(26,27)15-35-22-31-18-5-10-33(11-6-19(18)36-22)12-9-24(28)7-3-17(4-8-24)30-20(34)13-16-14-29-32(2)21(16)25/h14,17H,3-13,15H2,1-2H3,(H,30,34). The number of thiazole rings is 1. The number of carbonyl (C=O) groups excluding carboxylic acids is 1. The molecular formula is C24H33F4N5O2S. The normalized spacial score (nSPS) is 23.2. The fourth-order valence-corrected chi connectivity index (χ4v) is 5.73. The van der Waals surface area contributed by atoms with Crippen LogP contribution in [0.15, 0.2) is 6.20 Å². The van der Waals surface area contributed by atoms with Gasteiger partial charge >= 0.3 is 0 Å². The van der Waals surface area contributed by atoms with Crippen molar-refractivity contribution >= 4 is 17.2 Å². The second-order valence-electron chi connectivity index (χ2n) is 10.1. The Bertz CT molecular complexity index is 1020. The van der Waals surface area contributed by atoms with E-state index in [1.165, 1.54) is 24.6 Å². The van der Waals surface area contributed by atoms with Crippen LogP contribution in [0.5, 0.6) is 5.19 Å². The van der Waals surface area contributed by atoms with E-state index < -0.39 is 24.1 Å². The highest BCUT2D eigenvalue weighted by Gasteiger charge is 2.36. The number of nitrogens with zero attached hydrogens (tertiary/aromatic N) is 4. The highest BCUT2D eigenvalue weighted by atomic mass is 32.1. The molecule has 1 amide bonds. The van der Waals surface area contributed by atoms with Crippen molar-refractivity contribution < 1.29 is 27.1 Å². The van der Waals surface area contributed by atoms with E-state index >= 15 is 4.39 Å². The number of hydrogen-bond acceptors (Lipinski definition) is 6. The van der Waals surface area contributed by atoms with E-state index in [0.717, 1.165) is 41.7 Å². The SMILES string of the molecule is Cn1ncc(CC(=O)NC2CCC(F)(CCN3CCc4nc(OCC(C)(F)F)sc4CC3)CC2)c1F. The summed E-state index contributed by atoms with van der Waals surface area (Å²) in [4.78, 5) is 19.9. The van der Waals surface area contributed by atoms with Crippen LogP contribution in [0, 0.1) is 5.95 Å². The molecule has 1 N–H and O–H groups in total. The summed E-state index contributed by atoms with van der Waals surface area (Å²) in [5.74, 6) is -3.70. The second-order valence-corrected chi connectivity index (χ2v) is 11.1. The Labute approximate surface area is 212 Å². The van der Waals surface area contributed by atoms with Crippen LogP contribution in [0.3, 0.4) is 0 Å². The lowest BCUT2D eigenvalue weighted by atomic mass is 9.81. The first-order valence-corrected chi connectivity index (χ1v) is 13.2. The van der Waals surface area contributed by atoms with Gasteiger partial charge in [-0.2, -0.15) is 9.49 Å². The zero-order valence-electron chi connectivity index (χ0n) is 20.7. The van der Waals surface area contributed by atoms with Crippen molar-refractivity contribution in [1.82, 2.24) is 25.0 Å². The molecule has 1 aliphatic heterocycles. The summed E-state index contributed by atoms with van der Waals surface area (Å²) in [5.41, 5.74) is -0.133. The molecule has 3 heterocycles. The van der Waals surface area contributed by atoms with Gasteiger partial charge in [-0.3, -0.25) is 4.79 Å². The lowest BCUT2D eigenvalue weighted by molar-refractivity contribution is -0.121. The van der Waals surface area contributed by atoms with E-state index in [0.29, 0.717) is 45.1 Å². The zero-order chi connectivity index (χ0) is 25.9. The Balaban J connectivity index is 1.18. The molecule has 0 radical (unpaired) electrons. The van der Waals surface area contributed by atoms with Gasteiger partial charge in [-0.15, -0.1) is 0 Å². The maximum Gasteiger partial charge on any atom is 0.278 e. The number of alkyl halides is 3. The molecule has 36 heavy (non-hydrogen) atoms. The number of ether oxygens (including phenoxy) is 1. The minimum Gasteiger partial charge on any atom is -0.464 e. The first kappa shape index (κ1) is 26.8. The number of halogens is 4. The third kappa shape index (κ3) is 7.18. The first-order chi connectivity index (χ1) is 17.0. The number of rotatable bonds is 9. The number of fused-ring (bicyclic) bond motifs is 1. The fraction of sp³-hybridized carbons (Fsp3) is 0.708. The molecule has 4 rings (SSSR count). The quantitative estimate of drug-likeness (QED) is 0.498. The predicted octanol–water partition coefficient (Wildman–Crippen LogP) is 3.85. The van der Waals surface area contributed by atoms with Gasteiger partial charge in [0.1, 0.15) is 5.67 Å². The Hall–Kier alpha value is -2.21. The van der Waals surface area contributed by atoms with Crippen LogP contribution in [-0.4, -0.2) is 69.4 Å². The maximum atomic E-state index is 15.5. The Morgan fingerprint density at radius 3 is 2.69 bits per heavy atom.